The lowest BCUT2D eigenvalue weighted by Gasteiger charge is -2.30. The summed E-state index contributed by atoms with van der Waals surface area (Å²) in [4.78, 5) is 4.37. The van der Waals surface area contributed by atoms with Crippen molar-refractivity contribution < 1.29 is 12.8 Å². The third kappa shape index (κ3) is 3.63. The van der Waals surface area contributed by atoms with Crippen molar-refractivity contribution in [2.75, 3.05) is 13.1 Å². The first-order chi connectivity index (χ1) is 13.0. The number of pyridine rings is 1. The maximum atomic E-state index is 13.0. The highest BCUT2D eigenvalue weighted by Crippen LogP contribution is 2.31. The molecule has 1 atom stereocenters. The van der Waals surface area contributed by atoms with E-state index in [1.165, 1.54) is 4.31 Å². The number of benzene rings is 1. The second-order valence-corrected chi connectivity index (χ2v) is 8.64. The molecule has 1 aromatic carbocycles. The molecule has 3 heterocycles. The molecule has 0 unspecified atom stereocenters. The van der Waals surface area contributed by atoms with E-state index in [-0.39, 0.29) is 5.92 Å². The van der Waals surface area contributed by atoms with E-state index in [1.54, 1.807) is 30.6 Å². The number of aryl methyl sites for hydroxylation is 1. The lowest BCUT2D eigenvalue weighted by atomic mass is 10.00. The van der Waals surface area contributed by atoms with Crippen LogP contribution in [0, 0.1) is 6.92 Å². The van der Waals surface area contributed by atoms with Crippen molar-refractivity contribution in [2.24, 2.45) is 0 Å². The molecule has 27 heavy (non-hydrogen) atoms. The molecule has 0 radical (unpaired) electrons. The smallest absolute Gasteiger partial charge is 0.249 e. The molecule has 1 fully saturated rings. The average molecular weight is 384 g/mol. The van der Waals surface area contributed by atoms with Crippen LogP contribution < -0.4 is 0 Å². The SMILES string of the molecule is Cc1ccc(S(=O)(=O)N2CCC[C@H](c3nnc(-c4cccnc4)o3)C2)cc1. The van der Waals surface area contributed by atoms with Gasteiger partial charge in [0.15, 0.2) is 0 Å². The van der Waals surface area contributed by atoms with E-state index in [0.717, 1.165) is 24.0 Å². The van der Waals surface area contributed by atoms with Gasteiger partial charge in [0.05, 0.1) is 16.4 Å². The number of piperidine rings is 1. The van der Waals surface area contributed by atoms with Crippen LogP contribution in [0.1, 0.15) is 30.2 Å². The van der Waals surface area contributed by atoms with E-state index in [1.807, 2.05) is 25.1 Å². The summed E-state index contributed by atoms with van der Waals surface area (Å²) in [6.45, 7) is 2.77. The summed E-state index contributed by atoms with van der Waals surface area (Å²) < 4.78 is 33.2. The van der Waals surface area contributed by atoms with Crippen molar-refractivity contribution in [1.29, 1.82) is 0 Å². The summed E-state index contributed by atoms with van der Waals surface area (Å²) >= 11 is 0. The predicted octanol–water partition coefficient (Wildman–Crippen LogP) is 3.01. The van der Waals surface area contributed by atoms with Gasteiger partial charge >= 0.3 is 0 Å². The second-order valence-electron chi connectivity index (χ2n) is 6.70. The first kappa shape index (κ1) is 17.8. The number of aromatic nitrogens is 3. The molecule has 0 amide bonds. The average Bonchev–Trinajstić information content (AvgIpc) is 3.19. The Morgan fingerprint density at radius 2 is 1.96 bits per heavy atom. The zero-order valence-corrected chi connectivity index (χ0v) is 15.8. The highest BCUT2D eigenvalue weighted by Gasteiger charge is 2.33. The first-order valence-corrected chi connectivity index (χ1v) is 10.3. The minimum atomic E-state index is -3.53. The Balaban J connectivity index is 1.55. The van der Waals surface area contributed by atoms with E-state index in [9.17, 15) is 8.42 Å². The lowest BCUT2D eigenvalue weighted by Crippen LogP contribution is -2.39. The van der Waals surface area contributed by atoms with E-state index in [2.05, 4.69) is 15.2 Å². The highest BCUT2D eigenvalue weighted by atomic mass is 32.2. The summed E-state index contributed by atoms with van der Waals surface area (Å²) in [5, 5.41) is 8.24. The van der Waals surface area contributed by atoms with Gasteiger partial charge in [0.2, 0.25) is 21.8 Å². The topological polar surface area (TPSA) is 89.2 Å². The van der Waals surface area contributed by atoms with Gasteiger partial charge in [0.1, 0.15) is 0 Å². The van der Waals surface area contributed by atoms with Crippen LogP contribution in [0.25, 0.3) is 11.5 Å². The van der Waals surface area contributed by atoms with Crippen molar-refractivity contribution in [3.8, 4) is 11.5 Å². The van der Waals surface area contributed by atoms with Gasteiger partial charge in [-0.3, -0.25) is 4.98 Å². The van der Waals surface area contributed by atoms with Crippen LogP contribution in [0.3, 0.4) is 0 Å². The van der Waals surface area contributed by atoms with Crippen molar-refractivity contribution >= 4 is 10.0 Å². The van der Waals surface area contributed by atoms with Gasteiger partial charge < -0.3 is 4.42 Å². The molecule has 3 aromatic rings. The molecule has 0 spiro atoms. The van der Waals surface area contributed by atoms with Crippen molar-refractivity contribution in [2.45, 2.75) is 30.6 Å². The fourth-order valence-corrected chi connectivity index (χ4v) is 4.75. The number of hydrogen-bond donors (Lipinski definition) is 0. The summed E-state index contributed by atoms with van der Waals surface area (Å²) in [6, 6.07) is 10.6. The van der Waals surface area contributed by atoms with Crippen LogP contribution in [0.15, 0.2) is 58.1 Å². The van der Waals surface area contributed by atoms with Gasteiger partial charge in [-0.25, -0.2) is 8.42 Å². The van der Waals surface area contributed by atoms with Crippen LogP contribution in [0.5, 0.6) is 0 Å². The van der Waals surface area contributed by atoms with E-state index >= 15 is 0 Å². The first-order valence-electron chi connectivity index (χ1n) is 8.84. The lowest BCUT2D eigenvalue weighted by molar-refractivity contribution is 0.286. The number of hydrogen-bond acceptors (Lipinski definition) is 6. The number of nitrogens with zero attached hydrogens (tertiary/aromatic N) is 4. The molecular weight excluding hydrogens is 364 g/mol. The molecule has 1 aliphatic rings. The van der Waals surface area contributed by atoms with Gasteiger partial charge in [0.25, 0.3) is 0 Å². The maximum Gasteiger partial charge on any atom is 0.249 e. The largest absolute Gasteiger partial charge is 0.420 e. The third-order valence-corrected chi connectivity index (χ3v) is 6.62. The van der Waals surface area contributed by atoms with Crippen LogP contribution in [0.2, 0.25) is 0 Å². The molecule has 140 valence electrons. The minimum absolute atomic E-state index is 0.114. The van der Waals surface area contributed by atoms with Gasteiger partial charge in [-0.15, -0.1) is 10.2 Å². The summed E-state index contributed by atoms with van der Waals surface area (Å²) in [7, 11) is -3.53. The third-order valence-electron chi connectivity index (χ3n) is 4.74. The minimum Gasteiger partial charge on any atom is -0.420 e. The Hall–Kier alpha value is -2.58. The second kappa shape index (κ2) is 7.21. The monoisotopic (exact) mass is 384 g/mol. The van der Waals surface area contributed by atoms with Gasteiger partial charge in [-0.2, -0.15) is 4.31 Å². The Bertz CT molecular complexity index is 1020. The van der Waals surface area contributed by atoms with Crippen LogP contribution in [-0.4, -0.2) is 41.0 Å². The molecule has 0 bridgehead atoms. The van der Waals surface area contributed by atoms with Crippen molar-refractivity contribution in [3.05, 3.63) is 60.2 Å². The fraction of sp³-hybridized carbons (Fsp3) is 0.316. The molecule has 7 nitrogen and oxygen atoms in total. The molecule has 4 rings (SSSR count). The van der Waals surface area contributed by atoms with Crippen LogP contribution in [0.4, 0.5) is 0 Å². The Morgan fingerprint density at radius 1 is 1.15 bits per heavy atom. The molecule has 0 aliphatic carbocycles. The number of rotatable bonds is 4. The van der Waals surface area contributed by atoms with Crippen LogP contribution >= 0.6 is 0 Å². The highest BCUT2D eigenvalue weighted by molar-refractivity contribution is 7.89. The normalized spacial score (nSPS) is 18.5. The molecule has 8 heteroatoms. The Morgan fingerprint density at radius 3 is 2.70 bits per heavy atom. The van der Waals surface area contributed by atoms with Gasteiger partial charge in [-0.1, -0.05) is 17.7 Å². The van der Waals surface area contributed by atoms with E-state index in [4.69, 9.17) is 4.42 Å². The summed E-state index contributed by atoms with van der Waals surface area (Å²) in [5.41, 5.74) is 1.77. The Kier molecular flexibility index (Phi) is 4.75. The number of sulfonamides is 1. The summed E-state index contributed by atoms with van der Waals surface area (Å²) in [6.07, 6.45) is 4.90. The van der Waals surface area contributed by atoms with Gasteiger partial charge in [-0.05, 0) is 44.0 Å². The van der Waals surface area contributed by atoms with Gasteiger partial charge in [0, 0.05) is 25.5 Å². The quantitative estimate of drug-likeness (QED) is 0.687. The van der Waals surface area contributed by atoms with Crippen LogP contribution in [-0.2, 0) is 10.0 Å². The molecular formula is C19H20N4O3S. The summed E-state index contributed by atoms with van der Waals surface area (Å²) in [5.74, 6) is 0.756. The maximum absolute atomic E-state index is 13.0. The molecule has 1 saturated heterocycles. The zero-order chi connectivity index (χ0) is 18.9. The predicted molar refractivity (Wildman–Crippen MR) is 99.4 cm³/mol. The molecule has 0 N–H and O–H groups in total. The van der Waals surface area contributed by atoms with Crippen molar-refractivity contribution in [3.63, 3.8) is 0 Å². The molecule has 2 aromatic heterocycles. The fourth-order valence-electron chi connectivity index (χ4n) is 3.23. The molecule has 1 aliphatic heterocycles. The molecule has 0 saturated carbocycles. The Labute approximate surface area is 158 Å². The van der Waals surface area contributed by atoms with Crippen molar-refractivity contribution in [1.82, 2.24) is 19.5 Å². The van der Waals surface area contributed by atoms with E-state index in [0.29, 0.717) is 29.8 Å². The van der Waals surface area contributed by atoms with E-state index < -0.39 is 10.0 Å². The standard InChI is InChI=1S/C19H20N4O3S/c1-14-6-8-17(9-7-14)27(24,25)23-11-3-5-16(13-23)19-22-21-18(26-19)15-4-2-10-20-12-15/h2,4,6-10,12,16H,3,5,11,13H2,1H3/t16-/m0/s1. The zero-order valence-electron chi connectivity index (χ0n) is 14.9.